The van der Waals surface area contributed by atoms with Gasteiger partial charge in [0.1, 0.15) is 18.1 Å². The number of carbonyl (C=O) groups excluding carboxylic acids is 5. The third-order valence-corrected chi connectivity index (χ3v) is 4.96. The Labute approximate surface area is 198 Å². The molecular weight excluding hydrogens is 476 g/mol. The lowest BCUT2D eigenvalue weighted by atomic mass is 10.1. The van der Waals surface area contributed by atoms with Crippen LogP contribution in [-0.2, 0) is 33.6 Å². The summed E-state index contributed by atoms with van der Waals surface area (Å²) in [4.78, 5) is 82.1. The molecule has 0 rings (SSSR count). The minimum absolute atomic E-state index is 0.258. The first kappa shape index (κ1) is 30.6. The summed E-state index contributed by atoms with van der Waals surface area (Å²) in [5.74, 6) is -7.33. The summed E-state index contributed by atoms with van der Waals surface area (Å²) in [7, 11) is 0. The molecule has 0 spiro atoms. The van der Waals surface area contributed by atoms with E-state index in [-0.39, 0.29) is 12.8 Å². The number of nitrogens with one attached hydrogen (secondary N) is 3. The Morgan fingerprint density at radius 1 is 0.765 bits per heavy atom. The molecule has 16 heteroatoms. The molecule has 0 bridgehead atoms. The third kappa shape index (κ3) is 12.6. The summed E-state index contributed by atoms with van der Waals surface area (Å²) in [5, 5.41) is 24.6. The molecule has 0 aliphatic heterocycles. The molecule has 192 valence electrons. The highest BCUT2D eigenvalue weighted by atomic mass is 32.2. The van der Waals surface area contributed by atoms with Crippen LogP contribution in [0.25, 0.3) is 0 Å². The van der Waals surface area contributed by atoms with E-state index in [2.05, 4.69) is 10.6 Å². The van der Waals surface area contributed by atoms with Crippen LogP contribution in [0.4, 0.5) is 0 Å². The molecule has 4 atom stereocenters. The van der Waals surface area contributed by atoms with Gasteiger partial charge in [0.2, 0.25) is 29.5 Å². The summed E-state index contributed by atoms with van der Waals surface area (Å²) < 4.78 is 0. The zero-order valence-electron chi connectivity index (χ0n) is 18.4. The first-order valence-corrected chi connectivity index (χ1v) is 11.3. The number of aliphatic carboxylic acids is 2. The first-order valence-electron chi connectivity index (χ1n) is 9.95. The van der Waals surface area contributed by atoms with Gasteiger partial charge in [0.25, 0.3) is 0 Å². The second kappa shape index (κ2) is 15.4. The Hall–Kier alpha value is -3.40. The first-order chi connectivity index (χ1) is 15.8. The van der Waals surface area contributed by atoms with E-state index in [1.54, 1.807) is 6.26 Å². The second-order valence-electron chi connectivity index (χ2n) is 7.18. The van der Waals surface area contributed by atoms with Gasteiger partial charge in [-0.1, -0.05) is 0 Å². The molecule has 0 aliphatic carbocycles. The molecule has 0 radical (unpaired) electrons. The van der Waals surface area contributed by atoms with Crippen molar-refractivity contribution in [3.8, 4) is 0 Å². The maximum Gasteiger partial charge on any atom is 0.326 e. The van der Waals surface area contributed by atoms with Crippen molar-refractivity contribution in [2.75, 3.05) is 12.0 Å². The molecule has 5 amide bonds. The quantitative estimate of drug-likeness (QED) is 0.0947. The van der Waals surface area contributed by atoms with Crippen molar-refractivity contribution >= 4 is 53.2 Å². The van der Waals surface area contributed by atoms with Gasteiger partial charge in [-0.05, 0) is 24.9 Å². The fourth-order valence-corrected chi connectivity index (χ4v) is 3.03. The molecule has 0 aromatic heterocycles. The molecule has 0 saturated carbocycles. The number of carboxylic acid groups (broad SMARTS) is 2. The topological polar surface area (TPSA) is 274 Å². The third-order valence-electron chi connectivity index (χ3n) is 4.31. The molecule has 0 saturated heterocycles. The molecule has 34 heavy (non-hydrogen) atoms. The number of hydrogen-bond acceptors (Lipinski definition) is 9. The monoisotopic (exact) mass is 506 g/mol. The predicted octanol–water partition coefficient (Wildman–Crippen LogP) is -3.78. The van der Waals surface area contributed by atoms with Crippen molar-refractivity contribution < 1.29 is 43.8 Å². The van der Waals surface area contributed by atoms with Crippen molar-refractivity contribution in [2.24, 2.45) is 17.2 Å². The van der Waals surface area contributed by atoms with Crippen molar-refractivity contribution in [2.45, 2.75) is 56.3 Å². The minimum atomic E-state index is -1.72. The van der Waals surface area contributed by atoms with Gasteiger partial charge in [0.05, 0.1) is 18.9 Å². The molecule has 0 aliphatic rings. The maximum absolute atomic E-state index is 12.7. The number of rotatable bonds is 17. The van der Waals surface area contributed by atoms with Crippen molar-refractivity contribution in [3.63, 3.8) is 0 Å². The van der Waals surface area contributed by atoms with Crippen LogP contribution in [0.15, 0.2) is 0 Å². The largest absolute Gasteiger partial charge is 0.481 e. The molecule has 0 heterocycles. The average Bonchev–Trinajstić information content (AvgIpc) is 2.72. The highest BCUT2D eigenvalue weighted by molar-refractivity contribution is 7.98. The average molecular weight is 507 g/mol. The van der Waals surface area contributed by atoms with E-state index in [1.807, 2.05) is 5.32 Å². The Bertz CT molecular complexity index is 794. The van der Waals surface area contributed by atoms with Crippen molar-refractivity contribution in [1.29, 1.82) is 0 Å². The number of nitrogens with two attached hydrogens (primary N) is 3. The van der Waals surface area contributed by atoms with Crippen LogP contribution in [-0.4, -0.2) is 87.9 Å². The molecule has 0 aromatic rings. The standard InChI is InChI=1S/C18H30N6O9S/c1-34-5-4-8(19)15(29)23-10(7-14(27)28)17(31)22-9(2-3-12(20)25)16(30)24-11(18(32)33)6-13(21)26/h8-11H,2-7,19H2,1H3,(H2,20,25)(H2,21,26)(H,22,31)(H,23,29)(H,24,30)(H,27,28)(H,32,33). The smallest absolute Gasteiger partial charge is 0.326 e. The number of thioether (sulfide) groups is 1. The van der Waals surface area contributed by atoms with Crippen LogP contribution < -0.4 is 33.2 Å². The SMILES string of the molecule is CSCCC(N)C(=O)NC(CC(=O)O)C(=O)NC(CCC(N)=O)C(=O)NC(CC(N)=O)C(=O)O. The normalized spacial score (nSPS) is 14.1. The lowest BCUT2D eigenvalue weighted by Crippen LogP contribution is -2.57. The summed E-state index contributed by atoms with van der Waals surface area (Å²) in [6.07, 6.45) is -0.326. The Morgan fingerprint density at radius 3 is 1.76 bits per heavy atom. The van der Waals surface area contributed by atoms with E-state index in [9.17, 15) is 33.6 Å². The molecule has 4 unspecified atom stereocenters. The number of hydrogen-bond donors (Lipinski definition) is 8. The Kier molecular flexibility index (Phi) is 13.9. The van der Waals surface area contributed by atoms with E-state index >= 15 is 0 Å². The van der Waals surface area contributed by atoms with E-state index in [1.165, 1.54) is 11.8 Å². The highest BCUT2D eigenvalue weighted by Crippen LogP contribution is 2.04. The van der Waals surface area contributed by atoms with Gasteiger partial charge in [-0.25, -0.2) is 4.79 Å². The highest BCUT2D eigenvalue weighted by Gasteiger charge is 2.32. The molecule has 11 N–H and O–H groups in total. The van der Waals surface area contributed by atoms with Gasteiger partial charge in [0.15, 0.2) is 0 Å². The number of carbonyl (C=O) groups is 7. The minimum Gasteiger partial charge on any atom is -0.481 e. The van der Waals surface area contributed by atoms with Gasteiger partial charge in [-0.3, -0.25) is 28.8 Å². The molecular formula is C18H30N6O9S. The number of amides is 5. The lowest BCUT2D eigenvalue weighted by Gasteiger charge is -2.24. The molecule has 15 nitrogen and oxygen atoms in total. The molecule has 0 aromatic carbocycles. The van der Waals surface area contributed by atoms with Crippen LogP contribution >= 0.6 is 11.8 Å². The van der Waals surface area contributed by atoms with Crippen LogP contribution in [0.2, 0.25) is 0 Å². The Balaban J connectivity index is 5.57. The van der Waals surface area contributed by atoms with E-state index in [0.29, 0.717) is 5.75 Å². The van der Waals surface area contributed by atoms with E-state index in [0.717, 1.165) is 0 Å². The summed E-state index contributed by atoms with van der Waals surface area (Å²) >= 11 is 1.43. The lowest BCUT2D eigenvalue weighted by molar-refractivity contribution is -0.144. The van der Waals surface area contributed by atoms with Gasteiger partial charge >= 0.3 is 11.9 Å². The van der Waals surface area contributed by atoms with Crippen molar-refractivity contribution in [1.82, 2.24) is 16.0 Å². The van der Waals surface area contributed by atoms with Crippen LogP contribution in [0.1, 0.15) is 32.1 Å². The fourth-order valence-electron chi connectivity index (χ4n) is 2.54. The summed E-state index contributed by atoms with van der Waals surface area (Å²) in [6.45, 7) is 0. The predicted molar refractivity (Wildman–Crippen MR) is 119 cm³/mol. The maximum atomic E-state index is 12.7. The zero-order valence-corrected chi connectivity index (χ0v) is 19.3. The van der Waals surface area contributed by atoms with Crippen molar-refractivity contribution in [3.05, 3.63) is 0 Å². The second-order valence-corrected chi connectivity index (χ2v) is 8.17. The van der Waals surface area contributed by atoms with Gasteiger partial charge in [-0.2, -0.15) is 11.8 Å². The van der Waals surface area contributed by atoms with Gasteiger partial charge < -0.3 is 43.4 Å². The van der Waals surface area contributed by atoms with Crippen LogP contribution in [0.3, 0.4) is 0 Å². The number of carboxylic acids is 2. The summed E-state index contributed by atoms with van der Waals surface area (Å²) in [6, 6.07) is -5.92. The van der Waals surface area contributed by atoms with Gasteiger partial charge in [0, 0.05) is 6.42 Å². The summed E-state index contributed by atoms with van der Waals surface area (Å²) in [5.41, 5.74) is 15.7. The molecule has 0 fully saturated rings. The fraction of sp³-hybridized carbons (Fsp3) is 0.611. The van der Waals surface area contributed by atoms with E-state index in [4.69, 9.17) is 27.4 Å². The number of primary amides is 2. The van der Waals surface area contributed by atoms with E-state index < -0.39 is 84.9 Å². The van der Waals surface area contributed by atoms with Crippen LogP contribution in [0.5, 0.6) is 0 Å². The Morgan fingerprint density at radius 2 is 1.29 bits per heavy atom. The zero-order chi connectivity index (χ0) is 26.4. The van der Waals surface area contributed by atoms with Crippen LogP contribution in [0, 0.1) is 0 Å². The van der Waals surface area contributed by atoms with Gasteiger partial charge in [-0.15, -0.1) is 0 Å².